The topological polar surface area (TPSA) is 63.8 Å². The molecule has 0 saturated heterocycles. The molecule has 3 heterocycles. The van der Waals surface area contributed by atoms with Gasteiger partial charge in [-0.1, -0.05) is 11.2 Å². The van der Waals surface area contributed by atoms with Crippen molar-refractivity contribution >= 4 is 21.6 Å². The molecule has 0 saturated carbocycles. The van der Waals surface area contributed by atoms with E-state index in [0.717, 1.165) is 15.8 Å². The first-order valence-electron chi connectivity index (χ1n) is 5.84. The van der Waals surface area contributed by atoms with Crippen LogP contribution in [0.15, 0.2) is 40.9 Å². The van der Waals surface area contributed by atoms with Gasteiger partial charge in [0.05, 0.1) is 16.8 Å². The highest BCUT2D eigenvalue weighted by Gasteiger charge is 2.09. The Balaban J connectivity index is 1.82. The number of pyridine rings is 1. The Bertz CT molecular complexity index is 703. The fourth-order valence-corrected chi connectivity index (χ4v) is 2.47. The smallest absolute Gasteiger partial charge is 0.240 e. The fraction of sp³-hybridized carbons (Fsp3) is 0.154. The van der Waals surface area contributed by atoms with Gasteiger partial charge >= 0.3 is 0 Å². The third-order valence-corrected chi connectivity index (χ3v) is 3.45. The second-order valence-corrected chi connectivity index (χ2v) is 4.91. The maximum Gasteiger partial charge on any atom is 0.240 e. The number of nitrogens with one attached hydrogen (secondary N) is 1. The molecule has 3 aromatic heterocycles. The molecule has 19 heavy (non-hydrogen) atoms. The molecule has 3 rings (SSSR count). The average molecular weight is 272 g/mol. The molecule has 0 fully saturated rings. The third-order valence-electron chi connectivity index (χ3n) is 2.59. The molecule has 0 unspecified atom stereocenters. The molecule has 0 spiro atoms. The van der Waals surface area contributed by atoms with Gasteiger partial charge in [0, 0.05) is 18.3 Å². The predicted molar refractivity (Wildman–Crippen MR) is 74.8 cm³/mol. The quantitative estimate of drug-likeness (QED) is 0.571. The number of hydrogen-bond donors (Lipinski definition) is 1. The van der Waals surface area contributed by atoms with Gasteiger partial charge in [0.25, 0.3) is 0 Å². The van der Waals surface area contributed by atoms with Gasteiger partial charge in [-0.05, 0) is 17.5 Å². The van der Waals surface area contributed by atoms with Crippen LogP contribution in [-0.4, -0.2) is 21.7 Å². The first-order chi connectivity index (χ1) is 9.36. The van der Waals surface area contributed by atoms with E-state index >= 15 is 0 Å². The Labute approximate surface area is 114 Å². The van der Waals surface area contributed by atoms with E-state index in [1.54, 1.807) is 23.6 Å². The Kier molecular flexibility index (Phi) is 3.35. The molecule has 0 amide bonds. The Hall–Kier alpha value is -2.05. The number of nitrogens with zero attached hydrogens (tertiary/aromatic N) is 3. The zero-order chi connectivity index (χ0) is 13.1. The minimum Gasteiger partial charge on any atom is -0.338 e. The summed E-state index contributed by atoms with van der Waals surface area (Å²) in [4.78, 5) is 8.70. The molecule has 0 bridgehead atoms. The molecule has 0 atom stereocenters. The lowest BCUT2D eigenvalue weighted by molar-refractivity contribution is 0.370. The van der Waals surface area contributed by atoms with E-state index < -0.39 is 0 Å². The average Bonchev–Trinajstić information content (AvgIpc) is 3.06. The van der Waals surface area contributed by atoms with Gasteiger partial charge in [-0.2, -0.15) is 4.98 Å². The highest BCUT2D eigenvalue weighted by molar-refractivity contribution is 7.17. The van der Waals surface area contributed by atoms with Gasteiger partial charge in [0.15, 0.2) is 0 Å². The molecular formula is C13H12N4OS. The molecule has 0 radical (unpaired) electrons. The van der Waals surface area contributed by atoms with Crippen LogP contribution in [0.5, 0.6) is 0 Å². The summed E-state index contributed by atoms with van der Waals surface area (Å²) in [6, 6.07) is 4.02. The molecule has 1 N–H and O–H groups in total. The summed E-state index contributed by atoms with van der Waals surface area (Å²) >= 11 is 1.65. The normalized spacial score (nSPS) is 10.9. The van der Waals surface area contributed by atoms with Crippen molar-refractivity contribution in [3.63, 3.8) is 0 Å². The standard InChI is InChI=1S/C13H12N4OS/c1-2-4-14-8-12-16-13(17-18-12)9-6-11-10(15-7-9)3-5-19-11/h2-3,5-7,14H,1,4,8H2. The van der Waals surface area contributed by atoms with Crippen molar-refractivity contribution in [2.45, 2.75) is 6.54 Å². The summed E-state index contributed by atoms with van der Waals surface area (Å²) < 4.78 is 6.30. The van der Waals surface area contributed by atoms with Gasteiger partial charge in [0.1, 0.15) is 0 Å². The summed E-state index contributed by atoms with van der Waals surface area (Å²) in [7, 11) is 0. The van der Waals surface area contributed by atoms with Gasteiger partial charge in [-0.15, -0.1) is 17.9 Å². The van der Waals surface area contributed by atoms with Crippen molar-refractivity contribution < 1.29 is 4.52 Å². The van der Waals surface area contributed by atoms with E-state index in [1.807, 2.05) is 17.5 Å². The number of fused-ring (bicyclic) bond motifs is 1. The van der Waals surface area contributed by atoms with E-state index in [9.17, 15) is 0 Å². The highest BCUT2D eigenvalue weighted by atomic mass is 32.1. The van der Waals surface area contributed by atoms with Crippen LogP contribution in [0.4, 0.5) is 0 Å². The highest BCUT2D eigenvalue weighted by Crippen LogP contribution is 2.24. The van der Waals surface area contributed by atoms with Crippen LogP contribution < -0.4 is 5.32 Å². The summed E-state index contributed by atoms with van der Waals surface area (Å²) in [5.74, 6) is 1.13. The van der Waals surface area contributed by atoms with E-state index in [0.29, 0.717) is 24.8 Å². The summed E-state index contributed by atoms with van der Waals surface area (Å²) in [5, 5.41) is 9.10. The number of rotatable bonds is 5. The second-order valence-electron chi connectivity index (χ2n) is 3.96. The van der Waals surface area contributed by atoms with Crippen LogP contribution in [0.1, 0.15) is 5.89 Å². The summed E-state index contributed by atoms with van der Waals surface area (Å²) in [6.07, 6.45) is 3.55. The van der Waals surface area contributed by atoms with Crippen LogP contribution in [0.2, 0.25) is 0 Å². The van der Waals surface area contributed by atoms with Crippen LogP contribution in [-0.2, 0) is 6.54 Å². The van der Waals surface area contributed by atoms with Crippen molar-refractivity contribution in [2.75, 3.05) is 6.54 Å². The summed E-state index contributed by atoms with van der Waals surface area (Å²) in [5.41, 5.74) is 1.86. The van der Waals surface area contributed by atoms with E-state index in [2.05, 4.69) is 27.0 Å². The minimum absolute atomic E-state index is 0.535. The van der Waals surface area contributed by atoms with Crippen LogP contribution >= 0.6 is 11.3 Å². The predicted octanol–water partition coefficient (Wildman–Crippen LogP) is 2.62. The van der Waals surface area contributed by atoms with Crippen LogP contribution in [0, 0.1) is 0 Å². The number of thiophene rings is 1. The van der Waals surface area contributed by atoms with Gasteiger partial charge in [0.2, 0.25) is 11.7 Å². The molecule has 0 aliphatic carbocycles. The van der Waals surface area contributed by atoms with Crippen LogP contribution in [0.3, 0.4) is 0 Å². The minimum atomic E-state index is 0.535. The summed E-state index contributed by atoms with van der Waals surface area (Å²) in [6.45, 7) is 4.88. The Morgan fingerprint density at radius 1 is 1.47 bits per heavy atom. The molecule has 0 aliphatic rings. The molecule has 6 heteroatoms. The van der Waals surface area contributed by atoms with Gasteiger partial charge in [-0.25, -0.2) is 0 Å². The maximum atomic E-state index is 5.18. The zero-order valence-electron chi connectivity index (χ0n) is 10.2. The van der Waals surface area contributed by atoms with Crippen LogP contribution in [0.25, 0.3) is 21.6 Å². The van der Waals surface area contributed by atoms with Crippen molar-refractivity contribution in [3.05, 3.63) is 42.3 Å². The molecule has 0 aliphatic heterocycles. The van der Waals surface area contributed by atoms with E-state index in [-0.39, 0.29) is 0 Å². The maximum absolute atomic E-state index is 5.18. The number of aromatic nitrogens is 3. The van der Waals surface area contributed by atoms with Gasteiger partial charge in [-0.3, -0.25) is 4.98 Å². The van der Waals surface area contributed by atoms with Crippen molar-refractivity contribution in [2.24, 2.45) is 0 Å². The largest absolute Gasteiger partial charge is 0.338 e. The van der Waals surface area contributed by atoms with Crippen molar-refractivity contribution in [1.29, 1.82) is 0 Å². The first-order valence-corrected chi connectivity index (χ1v) is 6.72. The molecule has 5 nitrogen and oxygen atoms in total. The molecular weight excluding hydrogens is 260 g/mol. The number of hydrogen-bond acceptors (Lipinski definition) is 6. The lowest BCUT2D eigenvalue weighted by atomic mass is 10.2. The zero-order valence-corrected chi connectivity index (χ0v) is 11.0. The monoisotopic (exact) mass is 272 g/mol. The SMILES string of the molecule is C=CCNCc1nc(-c2cnc3ccsc3c2)no1. The van der Waals surface area contributed by atoms with Gasteiger partial charge < -0.3 is 9.84 Å². The lowest BCUT2D eigenvalue weighted by Gasteiger charge is -1.94. The van der Waals surface area contributed by atoms with E-state index in [4.69, 9.17) is 4.52 Å². The van der Waals surface area contributed by atoms with E-state index in [1.165, 1.54) is 0 Å². The Morgan fingerprint density at radius 2 is 2.42 bits per heavy atom. The third kappa shape index (κ3) is 2.54. The lowest BCUT2D eigenvalue weighted by Crippen LogP contribution is -2.12. The molecule has 0 aromatic carbocycles. The first kappa shape index (κ1) is 12.0. The molecule has 96 valence electrons. The van der Waals surface area contributed by atoms with Crippen molar-refractivity contribution in [3.8, 4) is 11.4 Å². The van der Waals surface area contributed by atoms with Crippen molar-refractivity contribution in [1.82, 2.24) is 20.4 Å². The Morgan fingerprint density at radius 3 is 3.32 bits per heavy atom. The second kappa shape index (κ2) is 5.29. The fourth-order valence-electron chi connectivity index (χ4n) is 1.69. The molecule has 3 aromatic rings.